The minimum Gasteiger partial charge on any atom is -0.466 e. The van der Waals surface area contributed by atoms with Crippen molar-refractivity contribution in [1.29, 1.82) is 0 Å². The van der Waals surface area contributed by atoms with E-state index in [1.165, 1.54) is 12.8 Å². The smallest absolute Gasteiger partial charge is 0.310 e. The summed E-state index contributed by atoms with van der Waals surface area (Å²) in [4.78, 5) is 33.0. The maximum absolute atomic E-state index is 12.7. The van der Waals surface area contributed by atoms with Gasteiger partial charge in [-0.05, 0) is 44.7 Å². The number of hydrogen-bond acceptors (Lipinski definition) is 5. The summed E-state index contributed by atoms with van der Waals surface area (Å²) in [7, 11) is 0. The van der Waals surface area contributed by atoms with E-state index in [1.807, 2.05) is 12.1 Å². The summed E-state index contributed by atoms with van der Waals surface area (Å²) in [5, 5.41) is 0. The van der Waals surface area contributed by atoms with E-state index in [-0.39, 0.29) is 17.8 Å². The number of rotatable bonds is 4. The number of amides is 1. The zero-order chi connectivity index (χ0) is 16.9. The van der Waals surface area contributed by atoms with E-state index in [2.05, 4.69) is 9.88 Å². The molecule has 1 unspecified atom stereocenters. The van der Waals surface area contributed by atoms with Crippen molar-refractivity contribution in [2.75, 3.05) is 37.7 Å². The molecule has 2 saturated heterocycles. The third-order valence-electron chi connectivity index (χ3n) is 4.75. The molecule has 0 bridgehead atoms. The maximum atomic E-state index is 12.7. The lowest BCUT2D eigenvalue weighted by Crippen LogP contribution is -2.42. The summed E-state index contributed by atoms with van der Waals surface area (Å²) < 4.78 is 5.09. The number of hydrogen-bond donors (Lipinski definition) is 0. The largest absolute Gasteiger partial charge is 0.466 e. The minimum absolute atomic E-state index is 0.0514. The fourth-order valence-electron chi connectivity index (χ4n) is 3.44. The molecular formula is C18H25N3O3. The molecule has 0 aliphatic carbocycles. The van der Waals surface area contributed by atoms with E-state index >= 15 is 0 Å². The van der Waals surface area contributed by atoms with Gasteiger partial charge in [0, 0.05) is 32.4 Å². The van der Waals surface area contributed by atoms with E-state index in [0.29, 0.717) is 25.3 Å². The van der Waals surface area contributed by atoms with E-state index in [4.69, 9.17) is 4.74 Å². The average molecular weight is 331 g/mol. The lowest BCUT2D eigenvalue weighted by atomic mass is 9.97. The van der Waals surface area contributed by atoms with Gasteiger partial charge in [-0.2, -0.15) is 0 Å². The lowest BCUT2D eigenvalue weighted by molar-refractivity contribution is -0.149. The second-order valence-electron chi connectivity index (χ2n) is 6.44. The van der Waals surface area contributed by atoms with Gasteiger partial charge in [-0.25, -0.2) is 4.98 Å². The molecule has 1 atom stereocenters. The molecule has 1 aromatic rings. The number of aromatic nitrogens is 1. The standard InChI is InChI=1S/C18H25N3O3/c1-2-24-18(23)15-6-5-11-21(13-15)17(22)14-7-8-16(19-12-14)20-9-3-4-10-20/h7-8,12,15H,2-6,9-11,13H2,1H3. The summed E-state index contributed by atoms with van der Waals surface area (Å²) >= 11 is 0. The van der Waals surface area contributed by atoms with Crippen molar-refractivity contribution in [2.24, 2.45) is 5.92 Å². The van der Waals surface area contributed by atoms with Gasteiger partial charge in [-0.3, -0.25) is 9.59 Å². The van der Waals surface area contributed by atoms with Crippen LogP contribution in [0.3, 0.4) is 0 Å². The number of nitrogens with zero attached hydrogens (tertiary/aromatic N) is 3. The third-order valence-corrected chi connectivity index (χ3v) is 4.75. The summed E-state index contributed by atoms with van der Waals surface area (Å²) in [5.74, 6) is 0.480. The Hall–Kier alpha value is -2.11. The predicted octanol–water partition coefficient (Wildman–Crippen LogP) is 2.10. The van der Waals surface area contributed by atoms with E-state index < -0.39 is 0 Å². The van der Waals surface area contributed by atoms with Crippen molar-refractivity contribution in [3.05, 3.63) is 23.9 Å². The van der Waals surface area contributed by atoms with E-state index in [1.54, 1.807) is 18.0 Å². The van der Waals surface area contributed by atoms with Crippen molar-refractivity contribution < 1.29 is 14.3 Å². The normalized spacial score (nSPS) is 21.0. The molecular weight excluding hydrogens is 306 g/mol. The van der Waals surface area contributed by atoms with Crippen LogP contribution in [0.25, 0.3) is 0 Å². The number of likely N-dealkylation sites (tertiary alicyclic amines) is 1. The Morgan fingerprint density at radius 1 is 1.21 bits per heavy atom. The lowest BCUT2D eigenvalue weighted by Gasteiger charge is -2.31. The van der Waals surface area contributed by atoms with Crippen molar-refractivity contribution in [3.8, 4) is 0 Å². The molecule has 0 spiro atoms. The fourth-order valence-corrected chi connectivity index (χ4v) is 3.44. The zero-order valence-electron chi connectivity index (χ0n) is 14.2. The number of ether oxygens (including phenoxy) is 1. The predicted molar refractivity (Wildman–Crippen MR) is 90.9 cm³/mol. The molecule has 2 aliphatic rings. The van der Waals surface area contributed by atoms with Crippen LogP contribution in [0.5, 0.6) is 0 Å². The summed E-state index contributed by atoms with van der Waals surface area (Å²) in [5.41, 5.74) is 0.586. The summed E-state index contributed by atoms with van der Waals surface area (Å²) in [6.45, 7) is 5.37. The highest BCUT2D eigenvalue weighted by Crippen LogP contribution is 2.21. The number of pyridine rings is 1. The quantitative estimate of drug-likeness (QED) is 0.791. The highest BCUT2D eigenvalue weighted by Gasteiger charge is 2.30. The Morgan fingerprint density at radius 3 is 2.67 bits per heavy atom. The molecule has 3 rings (SSSR count). The second kappa shape index (κ2) is 7.64. The Bertz CT molecular complexity index is 582. The van der Waals surface area contributed by atoms with Crippen molar-refractivity contribution in [1.82, 2.24) is 9.88 Å². The molecule has 6 nitrogen and oxygen atoms in total. The van der Waals surface area contributed by atoms with Gasteiger partial charge in [-0.1, -0.05) is 0 Å². The topological polar surface area (TPSA) is 62.7 Å². The first-order valence-corrected chi connectivity index (χ1v) is 8.86. The second-order valence-corrected chi connectivity index (χ2v) is 6.44. The van der Waals surface area contributed by atoms with Gasteiger partial charge in [-0.15, -0.1) is 0 Å². The highest BCUT2D eigenvalue weighted by molar-refractivity contribution is 5.94. The maximum Gasteiger partial charge on any atom is 0.310 e. The van der Waals surface area contributed by atoms with Gasteiger partial charge < -0.3 is 14.5 Å². The molecule has 2 aliphatic heterocycles. The monoisotopic (exact) mass is 331 g/mol. The van der Waals surface area contributed by atoms with Gasteiger partial charge in [0.05, 0.1) is 18.1 Å². The van der Waals surface area contributed by atoms with Crippen LogP contribution in [0.4, 0.5) is 5.82 Å². The van der Waals surface area contributed by atoms with Crippen LogP contribution in [-0.2, 0) is 9.53 Å². The van der Waals surface area contributed by atoms with Gasteiger partial charge in [0.1, 0.15) is 5.82 Å². The van der Waals surface area contributed by atoms with Crippen LogP contribution in [-0.4, -0.2) is 54.5 Å². The molecule has 3 heterocycles. The van der Waals surface area contributed by atoms with E-state index in [0.717, 1.165) is 31.7 Å². The number of anilines is 1. The Labute approximate surface area is 142 Å². The number of carbonyl (C=O) groups is 2. The molecule has 0 aromatic carbocycles. The molecule has 1 aromatic heterocycles. The van der Waals surface area contributed by atoms with Crippen LogP contribution in [0.15, 0.2) is 18.3 Å². The van der Waals surface area contributed by atoms with Gasteiger partial charge in [0.15, 0.2) is 0 Å². The summed E-state index contributed by atoms with van der Waals surface area (Å²) in [6.07, 6.45) is 5.67. The van der Waals surface area contributed by atoms with Crippen molar-refractivity contribution in [3.63, 3.8) is 0 Å². The minimum atomic E-state index is -0.209. The Kier molecular flexibility index (Phi) is 5.33. The Morgan fingerprint density at radius 2 is 2.00 bits per heavy atom. The molecule has 130 valence electrons. The molecule has 2 fully saturated rings. The van der Waals surface area contributed by atoms with Crippen LogP contribution >= 0.6 is 0 Å². The van der Waals surface area contributed by atoms with Crippen molar-refractivity contribution >= 4 is 17.7 Å². The van der Waals surface area contributed by atoms with Crippen LogP contribution < -0.4 is 4.90 Å². The highest BCUT2D eigenvalue weighted by atomic mass is 16.5. The number of piperidine rings is 1. The first-order valence-electron chi connectivity index (χ1n) is 8.86. The first kappa shape index (κ1) is 16.7. The molecule has 24 heavy (non-hydrogen) atoms. The van der Waals surface area contributed by atoms with E-state index in [9.17, 15) is 9.59 Å². The van der Waals surface area contributed by atoms with Gasteiger partial charge in [0.2, 0.25) is 0 Å². The molecule has 0 saturated carbocycles. The Balaban J connectivity index is 1.63. The first-order chi connectivity index (χ1) is 11.7. The van der Waals surface area contributed by atoms with Gasteiger partial charge in [0.25, 0.3) is 5.91 Å². The fraction of sp³-hybridized carbons (Fsp3) is 0.611. The average Bonchev–Trinajstić information content (AvgIpc) is 3.16. The third kappa shape index (κ3) is 3.68. The number of carbonyl (C=O) groups excluding carboxylic acids is 2. The molecule has 0 N–H and O–H groups in total. The zero-order valence-corrected chi connectivity index (χ0v) is 14.2. The molecule has 0 radical (unpaired) electrons. The van der Waals surface area contributed by atoms with Crippen LogP contribution in [0.1, 0.15) is 43.0 Å². The number of esters is 1. The van der Waals surface area contributed by atoms with Gasteiger partial charge >= 0.3 is 5.97 Å². The van der Waals surface area contributed by atoms with Crippen molar-refractivity contribution in [2.45, 2.75) is 32.6 Å². The SMILES string of the molecule is CCOC(=O)C1CCCN(C(=O)c2ccc(N3CCCC3)nc2)C1. The molecule has 1 amide bonds. The molecule has 6 heteroatoms. The summed E-state index contributed by atoms with van der Waals surface area (Å²) in [6, 6.07) is 3.77. The van der Waals surface area contributed by atoms with Crippen LogP contribution in [0.2, 0.25) is 0 Å². The van der Waals surface area contributed by atoms with Crippen LogP contribution in [0, 0.1) is 5.92 Å².